The molecular formula is C21H23N5O2. The van der Waals surface area contributed by atoms with E-state index in [4.69, 9.17) is 9.47 Å². The lowest BCUT2D eigenvalue weighted by Crippen LogP contribution is -2.08. The number of nitrogens with one attached hydrogen (secondary N) is 2. The minimum atomic E-state index is 0.280. The third kappa shape index (κ3) is 4.09. The molecule has 3 aromatic rings. The Morgan fingerprint density at radius 2 is 1.68 bits per heavy atom. The number of rotatable bonds is 6. The second-order valence-corrected chi connectivity index (χ2v) is 6.79. The number of hydrogen-bond donors (Lipinski definition) is 2. The maximum atomic E-state index is 5.43. The zero-order valence-corrected chi connectivity index (χ0v) is 16.2. The standard InChI is InChI=1S/C21H23N5O2/c1-14-23-20(22-12-15-4-9-18-19(10-15)28-13-27-18)11-21(24-14)25-16-5-7-17(8-6-16)26(2)3/h4-11H,12-13H2,1-3H3,(H2,22,23,24,25). The average Bonchev–Trinajstić information content (AvgIpc) is 3.14. The number of aromatic nitrogens is 2. The maximum Gasteiger partial charge on any atom is 0.231 e. The Morgan fingerprint density at radius 1 is 0.929 bits per heavy atom. The van der Waals surface area contributed by atoms with Crippen LogP contribution >= 0.6 is 0 Å². The molecule has 2 N–H and O–H groups in total. The van der Waals surface area contributed by atoms with Gasteiger partial charge >= 0.3 is 0 Å². The predicted octanol–water partition coefficient (Wildman–Crippen LogP) is 3.94. The van der Waals surface area contributed by atoms with Gasteiger partial charge in [-0.3, -0.25) is 0 Å². The Kier molecular flexibility index (Phi) is 4.89. The first kappa shape index (κ1) is 17.9. The van der Waals surface area contributed by atoms with Crippen molar-refractivity contribution in [2.45, 2.75) is 13.5 Å². The van der Waals surface area contributed by atoms with Crippen LogP contribution in [0.25, 0.3) is 0 Å². The Balaban J connectivity index is 1.44. The van der Waals surface area contributed by atoms with Crippen LogP contribution < -0.4 is 25.0 Å². The molecule has 1 aromatic heterocycles. The zero-order chi connectivity index (χ0) is 19.5. The summed E-state index contributed by atoms with van der Waals surface area (Å²) >= 11 is 0. The van der Waals surface area contributed by atoms with Gasteiger partial charge in [0.25, 0.3) is 0 Å². The summed E-state index contributed by atoms with van der Waals surface area (Å²) < 4.78 is 10.8. The van der Waals surface area contributed by atoms with E-state index < -0.39 is 0 Å². The van der Waals surface area contributed by atoms with Gasteiger partial charge < -0.3 is 25.0 Å². The van der Waals surface area contributed by atoms with E-state index in [1.165, 1.54) is 0 Å². The molecule has 0 saturated heterocycles. The van der Waals surface area contributed by atoms with Gasteiger partial charge in [-0.1, -0.05) is 6.07 Å². The summed E-state index contributed by atoms with van der Waals surface area (Å²) in [5, 5.41) is 6.69. The van der Waals surface area contributed by atoms with Crippen LogP contribution in [0.15, 0.2) is 48.5 Å². The number of aryl methyl sites for hydroxylation is 1. The first-order chi connectivity index (χ1) is 13.6. The Bertz CT molecular complexity index is 973. The molecular weight excluding hydrogens is 354 g/mol. The van der Waals surface area contributed by atoms with Crippen molar-refractivity contribution in [3.8, 4) is 11.5 Å². The van der Waals surface area contributed by atoms with E-state index >= 15 is 0 Å². The quantitative estimate of drug-likeness (QED) is 0.674. The lowest BCUT2D eigenvalue weighted by Gasteiger charge is -2.14. The number of hydrogen-bond acceptors (Lipinski definition) is 7. The van der Waals surface area contributed by atoms with Crippen molar-refractivity contribution >= 4 is 23.0 Å². The van der Waals surface area contributed by atoms with Crippen molar-refractivity contribution in [2.75, 3.05) is 36.4 Å². The summed E-state index contributed by atoms with van der Waals surface area (Å²) in [5.41, 5.74) is 3.22. The SMILES string of the molecule is Cc1nc(NCc2ccc3c(c2)OCO3)cc(Nc2ccc(N(C)C)cc2)n1. The van der Waals surface area contributed by atoms with E-state index in [0.29, 0.717) is 12.4 Å². The zero-order valence-electron chi connectivity index (χ0n) is 16.2. The lowest BCUT2D eigenvalue weighted by molar-refractivity contribution is 0.174. The van der Waals surface area contributed by atoms with Gasteiger partial charge in [-0.05, 0) is 48.9 Å². The molecule has 1 aliphatic heterocycles. The van der Waals surface area contributed by atoms with Crippen LogP contribution in [-0.2, 0) is 6.54 Å². The summed E-state index contributed by atoms with van der Waals surface area (Å²) in [4.78, 5) is 11.0. The topological polar surface area (TPSA) is 71.5 Å². The smallest absolute Gasteiger partial charge is 0.231 e. The van der Waals surface area contributed by atoms with Crippen LogP contribution in [0.4, 0.5) is 23.0 Å². The molecule has 1 aliphatic rings. The van der Waals surface area contributed by atoms with Crippen molar-refractivity contribution < 1.29 is 9.47 Å². The van der Waals surface area contributed by atoms with Crippen LogP contribution in [0.3, 0.4) is 0 Å². The molecule has 0 amide bonds. The number of nitrogens with zero attached hydrogens (tertiary/aromatic N) is 3. The molecule has 7 heteroatoms. The molecule has 7 nitrogen and oxygen atoms in total. The van der Waals surface area contributed by atoms with Gasteiger partial charge in [0.05, 0.1) is 0 Å². The number of fused-ring (bicyclic) bond motifs is 1. The fourth-order valence-corrected chi connectivity index (χ4v) is 2.96. The van der Waals surface area contributed by atoms with Crippen molar-refractivity contribution in [3.05, 3.63) is 59.9 Å². The number of ether oxygens (including phenoxy) is 2. The highest BCUT2D eigenvalue weighted by Gasteiger charge is 2.13. The van der Waals surface area contributed by atoms with Gasteiger partial charge in [-0.2, -0.15) is 0 Å². The van der Waals surface area contributed by atoms with Crippen LogP contribution in [0.5, 0.6) is 11.5 Å². The van der Waals surface area contributed by atoms with Crippen LogP contribution in [-0.4, -0.2) is 30.9 Å². The van der Waals surface area contributed by atoms with Gasteiger partial charge in [-0.25, -0.2) is 9.97 Å². The maximum absolute atomic E-state index is 5.43. The second kappa shape index (κ2) is 7.64. The van der Waals surface area contributed by atoms with Crippen molar-refractivity contribution in [2.24, 2.45) is 0 Å². The molecule has 2 aromatic carbocycles. The van der Waals surface area contributed by atoms with E-state index in [1.54, 1.807) is 0 Å². The summed E-state index contributed by atoms with van der Waals surface area (Å²) in [6.07, 6.45) is 0. The normalized spacial score (nSPS) is 12.0. The summed E-state index contributed by atoms with van der Waals surface area (Å²) in [6.45, 7) is 2.79. The Labute approximate surface area is 164 Å². The largest absolute Gasteiger partial charge is 0.454 e. The van der Waals surface area contributed by atoms with Crippen LogP contribution in [0.1, 0.15) is 11.4 Å². The van der Waals surface area contributed by atoms with E-state index in [2.05, 4.69) is 37.6 Å². The van der Waals surface area contributed by atoms with Gasteiger partial charge in [-0.15, -0.1) is 0 Å². The first-order valence-electron chi connectivity index (χ1n) is 9.09. The molecule has 0 spiro atoms. The van der Waals surface area contributed by atoms with Gasteiger partial charge in [0.2, 0.25) is 6.79 Å². The molecule has 28 heavy (non-hydrogen) atoms. The lowest BCUT2D eigenvalue weighted by atomic mass is 10.2. The molecule has 0 atom stereocenters. The van der Waals surface area contributed by atoms with E-state index in [-0.39, 0.29) is 6.79 Å². The highest BCUT2D eigenvalue weighted by atomic mass is 16.7. The molecule has 0 aliphatic carbocycles. The molecule has 0 saturated carbocycles. The minimum Gasteiger partial charge on any atom is -0.454 e. The minimum absolute atomic E-state index is 0.280. The third-order valence-corrected chi connectivity index (χ3v) is 4.40. The molecule has 0 bridgehead atoms. The van der Waals surface area contributed by atoms with Crippen molar-refractivity contribution in [1.29, 1.82) is 0 Å². The van der Waals surface area contributed by atoms with E-state index in [0.717, 1.165) is 40.1 Å². The number of benzene rings is 2. The predicted molar refractivity (Wildman–Crippen MR) is 111 cm³/mol. The summed E-state index contributed by atoms with van der Waals surface area (Å²) in [6, 6.07) is 16.0. The van der Waals surface area contributed by atoms with Gasteiger partial charge in [0, 0.05) is 38.1 Å². The fraction of sp³-hybridized carbons (Fsp3) is 0.238. The van der Waals surface area contributed by atoms with Crippen molar-refractivity contribution in [1.82, 2.24) is 9.97 Å². The van der Waals surface area contributed by atoms with Crippen molar-refractivity contribution in [3.63, 3.8) is 0 Å². The van der Waals surface area contributed by atoms with Crippen LogP contribution in [0.2, 0.25) is 0 Å². The summed E-state index contributed by atoms with van der Waals surface area (Å²) in [5.74, 6) is 3.77. The monoisotopic (exact) mass is 377 g/mol. The summed E-state index contributed by atoms with van der Waals surface area (Å²) in [7, 11) is 4.04. The number of anilines is 4. The molecule has 0 fully saturated rings. The molecule has 0 radical (unpaired) electrons. The molecule has 2 heterocycles. The Hall–Kier alpha value is -3.48. The highest BCUT2D eigenvalue weighted by molar-refractivity contribution is 5.62. The second-order valence-electron chi connectivity index (χ2n) is 6.79. The van der Waals surface area contributed by atoms with E-state index in [9.17, 15) is 0 Å². The van der Waals surface area contributed by atoms with Crippen LogP contribution in [0, 0.1) is 6.92 Å². The van der Waals surface area contributed by atoms with Gasteiger partial charge in [0.15, 0.2) is 11.5 Å². The molecule has 0 unspecified atom stereocenters. The molecule has 144 valence electrons. The first-order valence-corrected chi connectivity index (χ1v) is 9.09. The Morgan fingerprint density at radius 3 is 2.46 bits per heavy atom. The van der Waals surface area contributed by atoms with Gasteiger partial charge in [0.1, 0.15) is 17.5 Å². The molecule has 4 rings (SSSR count). The fourth-order valence-electron chi connectivity index (χ4n) is 2.96. The average molecular weight is 377 g/mol. The third-order valence-electron chi connectivity index (χ3n) is 4.40. The van der Waals surface area contributed by atoms with E-state index in [1.807, 2.05) is 57.4 Å². The highest BCUT2D eigenvalue weighted by Crippen LogP contribution is 2.32.